The summed E-state index contributed by atoms with van der Waals surface area (Å²) in [5.74, 6) is 0.0672. The minimum atomic E-state index is -0.448. The van der Waals surface area contributed by atoms with E-state index in [-0.39, 0.29) is 24.3 Å². The van der Waals surface area contributed by atoms with E-state index in [1.165, 1.54) is 4.88 Å². The zero-order valence-corrected chi connectivity index (χ0v) is 16.4. The Morgan fingerprint density at radius 1 is 1.11 bits per heavy atom. The Kier molecular flexibility index (Phi) is 7.23. The predicted molar refractivity (Wildman–Crippen MR) is 105 cm³/mol. The molecular weight excluding hydrogens is 364 g/mol. The zero-order valence-electron chi connectivity index (χ0n) is 15.6. The van der Waals surface area contributed by atoms with Crippen LogP contribution in [-0.2, 0) is 16.0 Å². The van der Waals surface area contributed by atoms with E-state index in [1.54, 1.807) is 11.3 Å². The van der Waals surface area contributed by atoms with Crippen LogP contribution in [0.4, 0.5) is 4.79 Å². The van der Waals surface area contributed by atoms with Crippen molar-refractivity contribution in [2.45, 2.75) is 32.1 Å². The minimum Gasteiger partial charge on any atom is -0.342 e. The van der Waals surface area contributed by atoms with Crippen LogP contribution < -0.4 is 10.6 Å². The number of nitrogens with one attached hydrogen (secondary N) is 2. The van der Waals surface area contributed by atoms with Crippen molar-refractivity contribution in [2.24, 2.45) is 5.92 Å². The minimum absolute atomic E-state index is 0.0861. The molecule has 0 aromatic carbocycles. The van der Waals surface area contributed by atoms with Crippen LogP contribution in [-0.4, -0.2) is 66.9 Å². The second kappa shape index (κ2) is 9.85. The van der Waals surface area contributed by atoms with Gasteiger partial charge in [-0.2, -0.15) is 0 Å². The van der Waals surface area contributed by atoms with E-state index in [0.29, 0.717) is 6.54 Å². The lowest BCUT2D eigenvalue weighted by Gasteiger charge is -2.32. The first-order valence-electron chi connectivity index (χ1n) is 9.73. The first-order valence-corrected chi connectivity index (χ1v) is 10.6. The number of likely N-dealkylation sites (tertiary alicyclic amines) is 2. The average molecular weight is 393 g/mol. The van der Waals surface area contributed by atoms with Gasteiger partial charge in [-0.1, -0.05) is 6.07 Å². The number of nitrogens with zero attached hydrogens (tertiary/aromatic N) is 2. The van der Waals surface area contributed by atoms with Gasteiger partial charge in [0.15, 0.2) is 0 Å². The summed E-state index contributed by atoms with van der Waals surface area (Å²) < 4.78 is 0. The number of thiophene rings is 1. The molecular formula is C19H28N4O3S. The molecule has 0 radical (unpaired) electrons. The Bertz CT molecular complexity index is 635. The van der Waals surface area contributed by atoms with Gasteiger partial charge >= 0.3 is 6.03 Å². The number of urea groups is 1. The highest BCUT2D eigenvalue weighted by Crippen LogP contribution is 2.21. The average Bonchev–Trinajstić information content (AvgIpc) is 3.35. The van der Waals surface area contributed by atoms with Crippen LogP contribution in [0.25, 0.3) is 0 Å². The molecule has 2 fully saturated rings. The summed E-state index contributed by atoms with van der Waals surface area (Å²) in [6.07, 6.45) is 4.56. The van der Waals surface area contributed by atoms with E-state index < -0.39 is 6.03 Å². The van der Waals surface area contributed by atoms with Crippen molar-refractivity contribution < 1.29 is 14.4 Å². The van der Waals surface area contributed by atoms with Gasteiger partial charge in [0, 0.05) is 30.4 Å². The number of amides is 4. The van der Waals surface area contributed by atoms with Gasteiger partial charge in [0.05, 0.1) is 6.54 Å². The van der Waals surface area contributed by atoms with Gasteiger partial charge in [-0.05, 0) is 56.6 Å². The predicted octanol–water partition coefficient (Wildman–Crippen LogP) is 1.45. The molecule has 8 heteroatoms. The third-order valence-corrected chi connectivity index (χ3v) is 6.15. The first-order chi connectivity index (χ1) is 13.1. The first kappa shape index (κ1) is 19.8. The second-order valence-electron chi connectivity index (χ2n) is 7.22. The highest BCUT2D eigenvalue weighted by molar-refractivity contribution is 7.09. The van der Waals surface area contributed by atoms with Crippen molar-refractivity contribution in [2.75, 3.05) is 39.3 Å². The standard InChI is InChI=1S/C19H28N4O3S/c24-17(21-19(26)20-8-5-16-4-3-13-27-16)14-22-11-6-15(7-12-22)18(25)23-9-1-2-10-23/h3-4,13,15H,1-2,5-12,14H2,(H2,20,21,24,26). The topological polar surface area (TPSA) is 81.8 Å². The van der Waals surface area contributed by atoms with Crippen LogP contribution in [0, 0.1) is 5.92 Å². The molecule has 148 valence electrons. The number of hydrogen-bond acceptors (Lipinski definition) is 5. The largest absolute Gasteiger partial charge is 0.342 e. The van der Waals surface area contributed by atoms with Crippen molar-refractivity contribution in [1.82, 2.24) is 20.4 Å². The molecule has 2 N–H and O–H groups in total. The highest BCUT2D eigenvalue weighted by atomic mass is 32.1. The second-order valence-corrected chi connectivity index (χ2v) is 8.25. The molecule has 27 heavy (non-hydrogen) atoms. The summed E-state index contributed by atoms with van der Waals surface area (Å²) in [6.45, 7) is 3.92. The van der Waals surface area contributed by atoms with Crippen LogP contribution in [0.1, 0.15) is 30.6 Å². The van der Waals surface area contributed by atoms with Crippen molar-refractivity contribution in [1.29, 1.82) is 0 Å². The smallest absolute Gasteiger partial charge is 0.321 e. The van der Waals surface area contributed by atoms with Crippen molar-refractivity contribution >= 4 is 29.2 Å². The van der Waals surface area contributed by atoms with Crippen molar-refractivity contribution in [3.05, 3.63) is 22.4 Å². The summed E-state index contributed by atoms with van der Waals surface area (Å²) in [6, 6.07) is 3.55. The number of piperidine rings is 1. The van der Waals surface area contributed by atoms with E-state index in [1.807, 2.05) is 27.3 Å². The van der Waals surface area contributed by atoms with Gasteiger partial charge < -0.3 is 10.2 Å². The Hall–Kier alpha value is -1.93. The molecule has 2 saturated heterocycles. The number of carbonyl (C=O) groups excluding carboxylic acids is 3. The molecule has 3 rings (SSSR count). The fourth-order valence-corrected chi connectivity index (χ4v) is 4.41. The van der Waals surface area contributed by atoms with Gasteiger partial charge in [0.2, 0.25) is 11.8 Å². The maximum absolute atomic E-state index is 12.4. The normalized spacial score (nSPS) is 18.4. The Balaban J connectivity index is 1.30. The summed E-state index contributed by atoms with van der Waals surface area (Å²) >= 11 is 1.65. The molecule has 1 aromatic heterocycles. The fraction of sp³-hybridized carbons (Fsp3) is 0.632. The third kappa shape index (κ3) is 6.04. The Labute approximate surface area is 164 Å². The quantitative estimate of drug-likeness (QED) is 0.768. The zero-order chi connectivity index (χ0) is 19.1. The molecule has 0 bridgehead atoms. The lowest BCUT2D eigenvalue weighted by atomic mass is 9.95. The molecule has 4 amide bonds. The molecule has 1 aromatic rings. The van der Waals surface area contributed by atoms with Gasteiger partial charge in [-0.3, -0.25) is 19.8 Å². The maximum Gasteiger partial charge on any atom is 0.321 e. The molecule has 2 aliphatic rings. The van der Waals surface area contributed by atoms with E-state index in [0.717, 1.165) is 58.3 Å². The van der Waals surface area contributed by atoms with Gasteiger partial charge in [-0.15, -0.1) is 11.3 Å². The van der Waals surface area contributed by atoms with E-state index >= 15 is 0 Å². The molecule has 3 heterocycles. The molecule has 0 spiro atoms. The molecule has 0 unspecified atom stereocenters. The number of carbonyl (C=O) groups is 3. The van der Waals surface area contributed by atoms with Crippen LogP contribution in [0.3, 0.4) is 0 Å². The summed E-state index contributed by atoms with van der Waals surface area (Å²) in [4.78, 5) is 41.5. The summed E-state index contributed by atoms with van der Waals surface area (Å²) in [5.41, 5.74) is 0. The maximum atomic E-state index is 12.4. The van der Waals surface area contributed by atoms with Gasteiger partial charge in [0.25, 0.3) is 0 Å². The molecule has 7 nitrogen and oxygen atoms in total. The van der Waals surface area contributed by atoms with E-state index in [9.17, 15) is 14.4 Å². The lowest BCUT2D eigenvalue weighted by molar-refractivity contribution is -0.136. The molecule has 0 aliphatic carbocycles. The SMILES string of the molecule is O=C(CN1CCC(C(=O)N2CCCC2)CC1)NC(=O)NCCc1cccs1. The van der Waals surface area contributed by atoms with Crippen LogP contribution in [0.5, 0.6) is 0 Å². The van der Waals surface area contributed by atoms with Crippen LogP contribution in [0.2, 0.25) is 0 Å². The van der Waals surface area contributed by atoms with Crippen LogP contribution in [0.15, 0.2) is 17.5 Å². The van der Waals surface area contributed by atoms with Crippen LogP contribution >= 0.6 is 11.3 Å². The Morgan fingerprint density at radius 3 is 2.52 bits per heavy atom. The highest BCUT2D eigenvalue weighted by Gasteiger charge is 2.30. The number of imide groups is 1. The molecule has 0 atom stereocenters. The van der Waals surface area contributed by atoms with Crippen molar-refractivity contribution in [3.63, 3.8) is 0 Å². The molecule has 0 saturated carbocycles. The van der Waals surface area contributed by atoms with Gasteiger partial charge in [0.1, 0.15) is 0 Å². The monoisotopic (exact) mass is 392 g/mol. The third-order valence-electron chi connectivity index (χ3n) is 5.21. The number of rotatable bonds is 6. The van der Waals surface area contributed by atoms with Crippen molar-refractivity contribution in [3.8, 4) is 0 Å². The number of hydrogen-bond donors (Lipinski definition) is 2. The lowest BCUT2D eigenvalue weighted by Crippen LogP contribution is -2.47. The van der Waals surface area contributed by atoms with Gasteiger partial charge in [-0.25, -0.2) is 4.79 Å². The molecule has 2 aliphatic heterocycles. The summed E-state index contributed by atoms with van der Waals surface area (Å²) in [7, 11) is 0. The summed E-state index contributed by atoms with van der Waals surface area (Å²) in [5, 5.41) is 7.09. The van der Waals surface area contributed by atoms with E-state index in [2.05, 4.69) is 10.6 Å². The van der Waals surface area contributed by atoms with E-state index in [4.69, 9.17) is 0 Å². The Morgan fingerprint density at radius 2 is 1.85 bits per heavy atom. The fourth-order valence-electron chi connectivity index (χ4n) is 3.70.